The summed E-state index contributed by atoms with van der Waals surface area (Å²) in [6.07, 6.45) is 4.35. The van der Waals surface area contributed by atoms with Crippen LogP contribution in [0.3, 0.4) is 0 Å². The number of hydrogen-bond acceptors (Lipinski definition) is 3. The van der Waals surface area contributed by atoms with Gasteiger partial charge < -0.3 is 0 Å². The van der Waals surface area contributed by atoms with E-state index >= 15 is 0 Å². The molecule has 1 aliphatic rings. The highest BCUT2D eigenvalue weighted by Crippen LogP contribution is 2.08. The van der Waals surface area contributed by atoms with Crippen LogP contribution in [0.2, 0.25) is 0 Å². The van der Waals surface area contributed by atoms with Gasteiger partial charge in [0.1, 0.15) is 0 Å². The Balaban J connectivity index is 2.27. The van der Waals surface area contributed by atoms with E-state index in [1.165, 1.54) is 26.2 Å². The van der Waals surface area contributed by atoms with Gasteiger partial charge in [0.25, 0.3) is 0 Å². The van der Waals surface area contributed by atoms with Crippen molar-refractivity contribution >= 4 is 12.6 Å². The van der Waals surface area contributed by atoms with Gasteiger partial charge in [0, 0.05) is 38.0 Å². The molecule has 14 heavy (non-hydrogen) atoms. The maximum Gasteiger partial charge on any atom is 0.0195 e. The van der Waals surface area contributed by atoms with Crippen molar-refractivity contribution in [1.29, 1.82) is 0 Å². The molecule has 1 aliphatic heterocycles. The van der Waals surface area contributed by atoms with Gasteiger partial charge in [0.05, 0.1) is 0 Å². The van der Waals surface area contributed by atoms with Gasteiger partial charge in [-0.25, -0.2) is 0 Å². The molecule has 0 amide bonds. The zero-order valence-electron chi connectivity index (χ0n) is 9.32. The third kappa shape index (κ3) is 3.64. The predicted octanol–water partition coefficient (Wildman–Crippen LogP) is 1.50. The Hall–Kier alpha value is 0.01000. The second kappa shape index (κ2) is 6.49. The molecule has 0 aromatic rings. The summed E-state index contributed by atoms with van der Waals surface area (Å²) in [7, 11) is 0. The second-order valence-corrected chi connectivity index (χ2v) is 4.26. The summed E-state index contributed by atoms with van der Waals surface area (Å²) in [5.74, 6) is 0.852. The number of nitrogens with zero attached hydrogens (tertiary/aromatic N) is 2. The lowest BCUT2D eigenvalue weighted by Gasteiger charge is -2.38. The minimum atomic E-state index is 0.707. The Labute approximate surface area is 93.4 Å². The minimum Gasteiger partial charge on any atom is -0.298 e. The zero-order valence-corrected chi connectivity index (χ0v) is 10.2. The number of likely N-dealkylation sites (N-methyl/N-ethyl adjacent to an activating group) is 1. The zero-order chi connectivity index (χ0) is 10.4. The third-order valence-electron chi connectivity index (χ3n) is 2.89. The minimum absolute atomic E-state index is 0.707. The van der Waals surface area contributed by atoms with Gasteiger partial charge in [0.15, 0.2) is 0 Å². The lowest BCUT2D eigenvalue weighted by Crippen LogP contribution is -2.51. The average molecular weight is 214 g/mol. The van der Waals surface area contributed by atoms with Crippen molar-refractivity contribution in [2.75, 3.05) is 38.5 Å². The fourth-order valence-corrected chi connectivity index (χ4v) is 2.15. The Morgan fingerprint density at radius 1 is 1.36 bits per heavy atom. The number of hydrogen-bond donors (Lipinski definition) is 1. The lowest BCUT2D eigenvalue weighted by molar-refractivity contribution is 0.0961. The Kier molecular flexibility index (Phi) is 5.60. The van der Waals surface area contributed by atoms with Crippen LogP contribution in [0.15, 0.2) is 12.2 Å². The van der Waals surface area contributed by atoms with E-state index in [0.29, 0.717) is 6.04 Å². The largest absolute Gasteiger partial charge is 0.298 e. The van der Waals surface area contributed by atoms with E-state index in [9.17, 15) is 0 Å². The first-order valence-electron chi connectivity index (χ1n) is 5.50. The highest BCUT2D eigenvalue weighted by molar-refractivity contribution is 7.80. The molecule has 1 saturated heterocycles. The topological polar surface area (TPSA) is 6.48 Å². The molecule has 3 heteroatoms. The van der Waals surface area contributed by atoms with Crippen molar-refractivity contribution in [2.45, 2.75) is 19.9 Å². The quantitative estimate of drug-likeness (QED) is 0.560. The third-order valence-corrected chi connectivity index (χ3v) is 3.10. The van der Waals surface area contributed by atoms with Gasteiger partial charge in [-0.05, 0) is 13.5 Å². The summed E-state index contributed by atoms with van der Waals surface area (Å²) in [4.78, 5) is 5.05. The highest BCUT2D eigenvalue weighted by Gasteiger charge is 2.20. The van der Waals surface area contributed by atoms with Crippen molar-refractivity contribution < 1.29 is 0 Å². The van der Waals surface area contributed by atoms with Crippen molar-refractivity contribution in [1.82, 2.24) is 9.80 Å². The maximum absolute atomic E-state index is 4.15. The molecule has 0 aromatic heterocycles. The van der Waals surface area contributed by atoms with Crippen LogP contribution in [0.25, 0.3) is 0 Å². The molecular weight excluding hydrogens is 192 g/mol. The number of piperazine rings is 1. The first-order chi connectivity index (χ1) is 6.77. The molecule has 0 bridgehead atoms. The van der Waals surface area contributed by atoms with E-state index in [-0.39, 0.29) is 0 Å². The maximum atomic E-state index is 4.15. The summed E-state index contributed by atoms with van der Waals surface area (Å²) in [6.45, 7) is 10.4. The molecule has 0 N–H and O–H groups in total. The van der Waals surface area contributed by atoms with Crippen molar-refractivity contribution in [3.8, 4) is 0 Å². The summed E-state index contributed by atoms with van der Waals surface area (Å²) in [5, 5.41) is 0. The standard InChI is InChI=1S/C11H22N2S/c1-3-13-8-7-12(10-11(13)2)6-4-5-9-14/h4-5,11,14H,3,6-10H2,1-2H3. The molecule has 0 radical (unpaired) electrons. The van der Waals surface area contributed by atoms with Crippen LogP contribution in [0.1, 0.15) is 13.8 Å². The Bertz CT molecular complexity index is 182. The van der Waals surface area contributed by atoms with Crippen LogP contribution in [0.4, 0.5) is 0 Å². The molecule has 1 fully saturated rings. The van der Waals surface area contributed by atoms with Gasteiger partial charge >= 0.3 is 0 Å². The average Bonchev–Trinajstić information content (AvgIpc) is 2.18. The predicted molar refractivity (Wildman–Crippen MR) is 66.1 cm³/mol. The van der Waals surface area contributed by atoms with E-state index in [1.807, 2.05) is 0 Å². The SMILES string of the molecule is CCN1CCN(CC=CCS)CC1C. The molecule has 82 valence electrons. The molecule has 0 aromatic carbocycles. The fraction of sp³-hybridized carbons (Fsp3) is 0.818. The van der Waals surface area contributed by atoms with Crippen LogP contribution in [0, 0.1) is 0 Å². The smallest absolute Gasteiger partial charge is 0.0195 e. The molecule has 1 atom stereocenters. The van der Waals surface area contributed by atoms with Gasteiger partial charge in [-0.15, -0.1) is 0 Å². The highest BCUT2D eigenvalue weighted by atomic mass is 32.1. The first-order valence-corrected chi connectivity index (χ1v) is 6.13. The van der Waals surface area contributed by atoms with E-state index < -0.39 is 0 Å². The number of rotatable bonds is 4. The summed E-state index contributed by atoms with van der Waals surface area (Å²) in [6, 6.07) is 0.707. The van der Waals surface area contributed by atoms with Crippen LogP contribution in [0.5, 0.6) is 0 Å². The van der Waals surface area contributed by atoms with E-state index in [4.69, 9.17) is 0 Å². The number of thiol groups is 1. The van der Waals surface area contributed by atoms with Crippen LogP contribution in [-0.2, 0) is 0 Å². The summed E-state index contributed by atoms with van der Waals surface area (Å²) < 4.78 is 0. The molecule has 1 rings (SSSR count). The molecule has 1 heterocycles. The van der Waals surface area contributed by atoms with Crippen LogP contribution < -0.4 is 0 Å². The first kappa shape index (κ1) is 12.1. The second-order valence-electron chi connectivity index (χ2n) is 3.89. The van der Waals surface area contributed by atoms with Gasteiger partial charge in [0.2, 0.25) is 0 Å². The Morgan fingerprint density at radius 2 is 2.14 bits per heavy atom. The fourth-order valence-electron chi connectivity index (χ4n) is 2.00. The van der Waals surface area contributed by atoms with Crippen molar-refractivity contribution in [3.05, 3.63) is 12.2 Å². The van der Waals surface area contributed by atoms with Crippen LogP contribution in [-0.4, -0.2) is 54.3 Å². The molecular formula is C11H22N2S. The van der Waals surface area contributed by atoms with Crippen LogP contribution >= 0.6 is 12.6 Å². The van der Waals surface area contributed by atoms with Crippen molar-refractivity contribution in [3.63, 3.8) is 0 Å². The molecule has 0 saturated carbocycles. The van der Waals surface area contributed by atoms with E-state index in [2.05, 4.69) is 48.4 Å². The monoisotopic (exact) mass is 214 g/mol. The normalized spacial score (nSPS) is 26.1. The molecule has 0 spiro atoms. The summed E-state index contributed by atoms with van der Waals surface area (Å²) >= 11 is 4.15. The van der Waals surface area contributed by atoms with Gasteiger partial charge in [-0.2, -0.15) is 12.6 Å². The lowest BCUT2D eigenvalue weighted by atomic mass is 10.2. The molecule has 1 unspecified atom stereocenters. The van der Waals surface area contributed by atoms with E-state index in [0.717, 1.165) is 12.3 Å². The Morgan fingerprint density at radius 3 is 2.71 bits per heavy atom. The van der Waals surface area contributed by atoms with Crippen molar-refractivity contribution in [2.24, 2.45) is 0 Å². The molecule has 0 aliphatic carbocycles. The van der Waals surface area contributed by atoms with E-state index in [1.54, 1.807) is 0 Å². The molecule has 2 nitrogen and oxygen atoms in total. The summed E-state index contributed by atoms with van der Waals surface area (Å²) in [5.41, 5.74) is 0. The van der Waals surface area contributed by atoms with Gasteiger partial charge in [-0.3, -0.25) is 9.80 Å². The van der Waals surface area contributed by atoms with Gasteiger partial charge in [-0.1, -0.05) is 19.1 Å².